The smallest absolute Gasteiger partial charge is 0.246 e. The summed E-state index contributed by atoms with van der Waals surface area (Å²) in [4.78, 5) is 14.0. The molecule has 0 aliphatic carbocycles. The Kier molecular flexibility index (Phi) is 5.81. The number of likely N-dealkylation sites (tertiary alicyclic amines) is 1. The van der Waals surface area contributed by atoms with Crippen molar-refractivity contribution in [3.05, 3.63) is 35.9 Å². The molecule has 0 spiro atoms. The highest BCUT2D eigenvalue weighted by molar-refractivity contribution is 5.92. The van der Waals surface area contributed by atoms with Crippen LogP contribution in [0.15, 0.2) is 30.3 Å². The predicted octanol–water partition coefficient (Wildman–Crippen LogP) is 2.47. The minimum atomic E-state index is -0.0313. The number of piperidine rings is 1. The van der Waals surface area contributed by atoms with Crippen molar-refractivity contribution in [1.82, 2.24) is 4.90 Å². The fourth-order valence-corrected chi connectivity index (χ4v) is 2.59. The molecule has 0 aromatic heterocycles. The molecule has 1 saturated heterocycles. The van der Waals surface area contributed by atoms with Gasteiger partial charge in [-0.1, -0.05) is 12.1 Å². The molecular formula is C17H23NO3. The highest BCUT2D eigenvalue weighted by Gasteiger charge is 2.24. The van der Waals surface area contributed by atoms with Gasteiger partial charge in [0.25, 0.3) is 0 Å². The minimum Gasteiger partial charge on any atom is -0.494 e. The van der Waals surface area contributed by atoms with Crippen molar-refractivity contribution in [2.75, 3.05) is 19.8 Å². The summed E-state index contributed by atoms with van der Waals surface area (Å²) < 4.78 is 5.38. The lowest BCUT2D eigenvalue weighted by atomic mass is 10.0. The Morgan fingerprint density at radius 3 is 2.81 bits per heavy atom. The van der Waals surface area contributed by atoms with Crippen molar-refractivity contribution < 1.29 is 14.6 Å². The maximum absolute atomic E-state index is 12.2. The van der Waals surface area contributed by atoms with E-state index in [4.69, 9.17) is 4.74 Å². The summed E-state index contributed by atoms with van der Waals surface area (Å²) in [6.45, 7) is 3.37. The summed E-state index contributed by atoms with van der Waals surface area (Å²) in [5.74, 6) is 0.806. The molecule has 1 atom stereocenters. The standard InChI is InChI=1S/C17H23NO3/c1-2-21-16-9-6-14(7-10-16)8-11-17(20)18-12-4-3-5-15(18)13-19/h6-11,15,19H,2-5,12-13H2,1H3/b11-8+. The van der Waals surface area contributed by atoms with Crippen LogP contribution in [0.2, 0.25) is 0 Å². The second-order valence-electron chi connectivity index (χ2n) is 5.20. The fourth-order valence-electron chi connectivity index (χ4n) is 2.59. The molecule has 4 nitrogen and oxygen atoms in total. The number of ether oxygens (including phenoxy) is 1. The SMILES string of the molecule is CCOc1ccc(/C=C/C(=O)N2CCCCC2CO)cc1. The van der Waals surface area contributed by atoms with Crippen molar-refractivity contribution >= 4 is 12.0 Å². The Balaban J connectivity index is 1.97. The normalized spacial score (nSPS) is 19.0. The number of hydrogen-bond donors (Lipinski definition) is 1. The van der Waals surface area contributed by atoms with Gasteiger partial charge >= 0.3 is 0 Å². The lowest BCUT2D eigenvalue weighted by Crippen LogP contribution is -2.44. The topological polar surface area (TPSA) is 49.8 Å². The van der Waals surface area contributed by atoms with Gasteiger partial charge in [-0.3, -0.25) is 4.79 Å². The number of carbonyl (C=O) groups excluding carboxylic acids is 1. The van der Waals surface area contributed by atoms with E-state index < -0.39 is 0 Å². The Bertz CT molecular complexity index is 481. The van der Waals surface area contributed by atoms with Crippen molar-refractivity contribution in [1.29, 1.82) is 0 Å². The second-order valence-corrected chi connectivity index (χ2v) is 5.20. The van der Waals surface area contributed by atoms with Gasteiger partial charge in [0, 0.05) is 12.6 Å². The van der Waals surface area contributed by atoms with Crippen LogP contribution < -0.4 is 4.74 Å². The molecule has 0 radical (unpaired) electrons. The lowest BCUT2D eigenvalue weighted by molar-refractivity contribution is -0.130. The van der Waals surface area contributed by atoms with E-state index in [9.17, 15) is 9.90 Å². The zero-order valence-corrected chi connectivity index (χ0v) is 12.5. The summed E-state index contributed by atoms with van der Waals surface area (Å²) in [6, 6.07) is 7.61. The molecule has 1 fully saturated rings. The van der Waals surface area contributed by atoms with E-state index in [1.807, 2.05) is 31.2 Å². The number of aliphatic hydroxyl groups excluding tert-OH is 1. The number of aliphatic hydroxyl groups is 1. The van der Waals surface area contributed by atoms with E-state index in [2.05, 4.69) is 0 Å². The third-order valence-corrected chi connectivity index (χ3v) is 3.73. The van der Waals surface area contributed by atoms with E-state index >= 15 is 0 Å². The number of hydrogen-bond acceptors (Lipinski definition) is 3. The molecule has 1 heterocycles. The van der Waals surface area contributed by atoms with Crippen LogP contribution in [0.3, 0.4) is 0 Å². The Morgan fingerprint density at radius 2 is 2.14 bits per heavy atom. The van der Waals surface area contributed by atoms with Gasteiger partial charge in [0.2, 0.25) is 5.91 Å². The summed E-state index contributed by atoms with van der Waals surface area (Å²) in [5, 5.41) is 9.34. The van der Waals surface area contributed by atoms with Gasteiger partial charge < -0.3 is 14.7 Å². The van der Waals surface area contributed by atoms with Gasteiger partial charge in [-0.2, -0.15) is 0 Å². The zero-order chi connectivity index (χ0) is 15.1. The first-order valence-corrected chi connectivity index (χ1v) is 7.57. The van der Waals surface area contributed by atoms with Crippen LogP contribution in [0, 0.1) is 0 Å². The third-order valence-electron chi connectivity index (χ3n) is 3.73. The third kappa shape index (κ3) is 4.33. The van der Waals surface area contributed by atoms with Crippen LogP contribution in [0.4, 0.5) is 0 Å². The monoisotopic (exact) mass is 289 g/mol. The number of rotatable bonds is 5. The largest absolute Gasteiger partial charge is 0.494 e. The highest BCUT2D eigenvalue weighted by atomic mass is 16.5. The van der Waals surface area contributed by atoms with Crippen LogP contribution in [-0.4, -0.2) is 41.7 Å². The molecule has 0 bridgehead atoms. The summed E-state index contributed by atoms with van der Waals surface area (Å²) in [6.07, 6.45) is 6.38. The van der Waals surface area contributed by atoms with Crippen LogP contribution in [0.1, 0.15) is 31.7 Å². The molecule has 114 valence electrons. The van der Waals surface area contributed by atoms with Crippen molar-refractivity contribution in [3.63, 3.8) is 0 Å². The second kappa shape index (κ2) is 7.84. The average molecular weight is 289 g/mol. The molecule has 4 heteroatoms. The Labute approximate surface area is 126 Å². The first-order valence-electron chi connectivity index (χ1n) is 7.57. The average Bonchev–Trinajstić information content (AvgIpc) is 2.54. The minimum absolute atomic E-state index is 0.0253. The number of nitrogens with zero attached hydrogens (tertiary/aromatic N) is 1. The molecule has 1 aromatic rings. The summed E-state index contributed by atoms with van der Waals surface area (Å²) >= 11 is 0. The molecule has 2 rings (SSSR count). The summed E-state index contributed by atoms with van der Waals surface area (Å²) in [7, 11) is 0. The first-order chi connectivity index (χ1) is 10.2. The van der Waals surface area contributed by atoms with E-state index in [1.54, 1.807) is 17.1 Å². The molecule has 1 unspecified atom stereocenters. The van der Waals surface area contributed by atoms with E-state index in [0.717, 1.165) is 37.1 Å². The van der Waals surface area contributed by atoms with Crippen LogP contribution in [0.25, 0.3) is 6.08 Å². The fraction of sp³-hybridized carbons (Fsp3) is 0.471. The van der Waals surface area contributed by atoms with Crippen LogP contribution in [0.5, 0.6) is 5.75 Å². The van der Waals surface area contributed by atoms with E-state index in [-0.39, 0.29) is 18.6 Å². The summed E-state index contributed by atoms with van der Waals surface area (Å²) in [5.41, 5.74) is 0.962. The number of carbonyl (C=O) groups is 1. The zero-order valence-electron chi connectivity index (χ0n) is 12.5. The Hall–Kier alpha value is -1.81. The molecular weight excluding hydrogens is 266 g/mol. The van der Waals surface area contributed by atoms with Gasteiger partial charge in [0.1, 0.15) is 5.75 Å². The number of amides is 1. The predicted molar refractivity (Wildman–Crippen MR) is 83.1 cm³/mol. The maximum Gasteiger partial charge on any atom is 0.246 e. The number of benzene rings is 1. The molecule has 1 aromatic carbocycles. The van der Waals surface area contributed by atoms with Gasteiger partial charge in [-0.15, -0.1) is 0 Å². The quantitative estimate of drug-likeness (QED) is 0.847. The van der Waals surface area contributed by atoms with Gasteiger partial charge in [-0.25, -0.2) is 0 Å². The van der Waals surface area contributed by atoms with Crippen LogP contribution in [-0.2, 0) is 4.79 Å². The lowest BCUT2D eigenvalue weighted by Gasteiger charge is -2.33. The molecule has 0 saturated carbocycles. The van der Waals surface area contributed by atoms with Gasteiger partial charge in [-0.05, 0) is 50.0 Å². The molecule has 1 amide bonds. The van der Waals surface area contributed by atoms with Crippen molar-refractivity contribution in [3.8, 4) is 5.75 Å². The molecule has 1 N–H and O–H groups in total. The molecule has 1 aliphatic rings. The highest BCUT2D eigenvalue weighted by Crippen LogP contribution is 2.18. The Morgan fingerprint density at radius 1 is 1.38 bits per heavy atom. The molecule has 1 aliphatic heterocycles. The van der Waals surface area contributed by atoms with E-state index in [1.165, 1.54) is 0 Å². The van der Waals surface area contributed by atoms with Gasteiger partial charge in [0.05, 0.1) is 19.3 Å². The van der Waals surface area contributed by atoms with Crippen LogP contribution >= 0.6 is 0 Å². The van der Waals surface area contributed by atoms with Gasteiger partial charge in [0.15, 0.2) is 0 Å². The maximum atomic E-state index is 12.2. The first kappa shape index (κ1) is 15.6. The van der Waals surface area contributed by atoms with Crippen molar-refractivity contribution in [2.24, 2.45) is 0 Å². The van der Waals surface area contributed by atoms with Crippen molar-refractivity contribution in [2.45, 2.75) is 32.2 Å². The molecule has 21 heavy (non-hydrogen) atoms. The van der Waals surface area contributed by atoms with E-state index in [0.29, 0.717) is 6.61 Å².